The zero-order valence-corrected chi connectivity index (χ0v) is 12.3. The zero-order valence-electron chi connectivity index (χ0n) is 12.3. The summed E-state index contributed by atoms with van der Waals surface area (Å²) in [6, 6.07) is 3.99. The molecule has 1 saturated carbocycles. The van der Waals surface area contributed by atoms with Crippen molar-refractivity contribution < 1.29 is 28.2 Å². The van der Waals surface area contributed by atoms with Crippen molar-refractivity contribution in [2.75, 3.05) is 20.3 Å². The van der Waals surface area contributed by atoms with E-state index >= 15 is 0 Å². The third-order valence-corrected chi connectivity index (χ3v) is 4.23. The molecule has 2 aliphatic rings. The maximum atomic E-state index is 14.1. The molecule has 0 N–H and O–H groups in total. The molecule has 3 rings (SSSR count). The van der Waals surface area contributed by atoms with Crippen LogP contribution in [0.2, 0.25) is 0 Å². The van der Waals surface area contributed by atoms with Crippen LogP contribution in [0.15, 0.2) is 18.2 Å². The van der Waals surface area contributed by atoms with E-state index < -0.39 is 23.3 Å². The lowest BCUT2D eigenvalue weighted by Gasteiger charge is -2.34. The van der Waals surface area contributed by atoms with Gasteiger partial charge in [0.05, 0.1) is 31.8 Å². The molecule has 1 unspecified atom stereocenters. The van der Waals surface area contributed by atoms with Crippen molar-refractivity contribution in [2.45, 2.75) is 25.0 Å². The highest BCUT2D eigenvalue weighted by atomic mass is 19.1. The monoisotopic (exact) mass is 308 g/mol. The van der Waals surface area contributed by atoms with Crippen molar-refractivity contribution in [1.29, 1.82) is 0 Å². The quantitative estimate of drug-likeness (QED) is 0.632. The first-order chi connectivity index (χ1) is 10.5. The van der Waals surface area contributed by atoms with Crippen LogP contribution in [0.5, 0.6) is 5.75 Å². The fourth-order valence-electron chi connectivity index (χ4n) is 3.02. The molecule has 2 fully saturated rings. The molecule has 1 heterocycles. The molecule has 1 aliphatic heterocycles. The van der Waals surface area contributed by atoms with E-state index in [-0.39, 0.29) is 24.2 Å². The Kier molecular flexibility index (Phi) is 3.97. The van der Waals surface area contributed by atoms with Gasteiger partial charge in [0.15, 0.2) is 11.6 Å². The first kappa shape index (κ1) is 15.1. The van der Waals surface area contributed by atoms with Crippen LogP contribution in [0.4, 0.5) is 4.39 Å². The van der Waals surface area contributed by atoms with E-state index in [1.807, 2.05) is 0 Å². The summed E-state index contributed by atoms with van der Waals surface area (Å²) in [6.45, 7) is 0.901. The van der Waals surface area contributed by atoms with Gasteiger partial charge in [-0.2, -0.15) is 0 Å². The summed E-state index contributed by atoms with van der Waals surface area (Å²) in [5.74, 6) is -2.87. The molecule has 0 amide bonds. The number of rotatable bonds is 3. The smallest absolute Gasteiger partial charge is 0.176 e. The van der Waals surface area contributed by atoms with Crippen LogP contribution in [0.3, 0.4) is 0 Å². The first-order valence-electron chi connectivity index (χ1n) is 7.23. The second-order valence-corrected chi connectivity index (χ2v) is 5.54. The van der Waals surface area contributed by atoms with E-state index in [0.29, 0.717) is 25.4 Å². The van der Waals surface area contributed by atoms with E-state index in [2.05, 4.69) is 0 Å². The molecule has 1 atom stereocenters. The third kappa shape index (κ3) is 2.64. The Morgan fingerprint density at radius 3 is 2.73 bits per heavy atom. The van der Waals surface area contributed by atoms with Crippen molar-refractivity contribution in [3.05, 3.63) is 29.6 Å². The molecule has 1 aromatic rings. The maximum Gasteiger partial charge on any atom is 0.176 e. The van der Waals surface area contributed by atoms with Gasteiger partial charge in [-0.15, -0.1) is 0 Å². The fraction of sp³-hybridized carbons (Fsp3) is 0.500. The number of ketones is 2. The summed E-state index contributed by atoms with van der Waals surface area (Å²) < 4.78 is 30.1. The van der Waals surface area contributed by atoms with Crippen LogP contribution in [0.25, 0.3) is 0 Å². The Labute approximate surface area is 127 Å². The molecule has 1 spiro atoms. The van der Waals surface area contributed by atoms with Gasteiger partial charge in [-0.05, 0) is 12.1 Å². The molecule has 0 radical (unpaired) electrons. The summed E-state index contributed by atoms with van der Waals surface area (Å²) in [7, 11) is 1.42. The Morgan fingerprint density at radius 2 is 2.09 bits per heavy atom. The summed E-state index contributed by atoms with van der Waals surface area (Å²) >= 11 is 0. The molecule has 1 aliphatic carbocycles. The van der Waals surface area contributed by atoms with E-state index in [1.54, 1.807) is 0 Å². The van der Waals surface area contributed by atoms with Gasteiger partial charge in [0, 0.05) is 25.3 Å². The summed E-state index contributed by atoms with van der Waals surface area (Å²) in [4.78, 5) is 24.7. The number of ether oxygens (including phenoxy) is 3. The third-order valence-electron chi connectivity index (χ3n) is 4.23. The Bertz CT molecular complexity index is 607. The van der Waals surface area contributed by atoms with Crippen LogP contribution in [0, 0.1) is 11.7 Å². The number of hydrogen-bond donors (Lipinski definition) is 0. The van der Waals surface area contributed by atoms with Gasteiger partial charge in [-0.3, -0.25) is 9.59 Å². The number of halogens is 1. The van der Waals surface area contributed by atoms with Crippen molar-refractivity contribution in [1.82, 2.24) is 0 Å². The van der Waals surface area contributed by atoms with Gasteiger partial charge in [0.2, 0.25) is 0 Å². The van der Waals surface area contributed by atoms with Gasteiger partial charge in [-0.1, -0.05) is 0 Å². The molecule has 5 nitrogen and oxygen atoms in total. The molecule has 1 saturated heterocycles. The molecule has 118 valence electrons. The molecule has 0 aromatic heterocycles. The van der Waals surface area contributed by atoms with Crippen LogP contribution in [-0.4, -0.2) is 37.7 Å². The number of Topliss-reactive ketones (excluding diaryl/α,β-unsaturated/α-hetero) is 2. The highest BCUT2D eigenvalue weighted by molar-refractivity contribution is 6.11. The fourth-order valence-corrected chi connectivity index (χ4v) is 3.02. The highest BCUT2D eigenvalue weighted by Gasteiger charge is 2.47. The predicted molar refractivity (Wildman–Crippen MR) is 74.3 cm³/mol. The predicted octanol–water partition coefficient (Wildman–Crippen LogP) is 2.13. The topological polar surface area (TPSA) is 61.8 Å². The number of methoxy groups -OCH3 is 1. The Morgan fingerprint density at radius 1 is 1.36 bits per heavy atom. The Balaban J connectivity index is 1.85. The Hall–Kier alpha value is -1.79. The SMILES string of the molecule is COc1ccc(C(=O)C2CC3(CCC2=O)OCCO3)c(F)c1. The van der Waals surface area contributed by atoms with Gasteiger partial charge in [-0.25, -0.2) is 4.39 Å². The standard InChI is InChI=1S/C16H17FO5/c1-20-10-2-3-11(13(17)8-10)15(19)12-9-16(5-4-14(12)18)21-6-7-22-16/h2-3,8,12H,4-7,9H2,1H3. The molecule has 0 bridgehead atoms. The highest BCUT2D eigenvalue weighted by Crippen LogP contribution is 2.38. The number of carbonyl (C=O) groups is 2. The number of benzene rings is 1. The summed E-state index contributed by atoms with van der Waals surface area (Å²) in [6.07, 6.45) is 0.797. The van der Waals surface area contributed by atoms with Crippen molar-refractivity contribution in [3.63, 3.8) is 0 Å². The normalized spacial score (nSPS) is 23.7. The second kappa shape index (κ2) is 5.78. The van der Waals surface area contributed by atoms with E-state index in [4.69, 9.17) is 14.2 Å². The second-order valence-electron chi connectivity index (χ2n) is 5.54. The molecule has 6 heteroatoms. The zero-order chi connectivity index (χ0) is 15.7. The van der Waals surface area contributed by atoms with Gasteiger partial charge in [0.25, 0.3) is 0 Å². The van der Waals surface area contributed by atoms with Crippen molar-refractivity contribution in [2.24, 2.45) is 5.92 Å². The first-order valence-corrected chi connectivity index (χ1v) is 7.23. The van der Waals surface area contributed by atoms with Crippen LogP contribution < -0.4 is 4.74 Å². The van der Waals surface area contributed by atoms with Crippen molar-refractivity contribution >= 4 is 11.6 Å². The minimum atomic E-state index is -0.922. The lowest BCUT2D eigenvalue weighted by molar-refractivity contribution is -0.185. The van der Waals surface area contributed by atoms with Crippen LogP contribution >= 0.6 is 0 Å². The molecule has 1 aromatic carbocycles. The van der Waals surface area contributed by atoms with Crippen molar-refractivity contribution in [3.8, 4) is 5.75 Å². The van der Waals surface area contributed by atoms with Gasteiger partial charge in [0.1, 0.15) is 17.3 Å². The molecule has 22 heavy (non-hydrogen) atoms. The van der Waals surface area contributed by atoms with E-state index in [9.17, 15) is 14.0 Å². The summed E-state index contributed by atoms with van der Waals surface area (Å²) in [5.41, 5.74) is -0.103. The average molecular weight is 308 g/mol. The summed E-state index contributed by atoms with van der Waals surface area (Å²) in [5, 5.41) is 0. The van der Waals surface area contributed by atoms with E-state index in [0.717, 1.165) is 6.07 Å². The largest absolute Gasteiger partial charge is 0.497 e. The minimum Gasteiger partial charge on any atom is -0.497 e. The minimum absolute atomic E-state index is 0.103. The number of carbonyl (C=O) groups excluding carboxylic acids is 2. The van der Waals surface area contributed by atoms with Gasteiger partial charge < -0.3 is 14.2 Å². The molecular weight excluding hydrogens is 291 g/mol. The number of hydrogen-bond acceptors (Lipinski definition) is 5. The maximum absolute atomic E-state index is 14.1. The average Bonchev–Trinajstić information content (AvgIpc) is 2.97. The van der Waals surface area contributed by atoms with Crippen LogP contribution in [-0.2, 0) is 14.3 Å². The van der Waals surface area contributed by atoms with Crippen LogP contribution in [0.1, 0.15) is 29.6 Å². The van der Waals surface area contributed by atoms with E-state index in [1.165, 1.54) is 19.2 Å². The van der Waals surface area contributed by atoms with Gasteiger partial charge >= 0.3 is 0 Å². The lowest BCUT2D eigenvalue weighted by atomic mass is 9.79. The lowest BCUT2D eigenvalue weighted by Crippen LogP contribution is -2.43. The molecular formula is C16H17FO5.